The van der Waals surface area contributed by atoms with Gasteiger partial charge in [0.1, 0.15) is 6.10 Å². The second kappa shape index (κ2) is 5.08. The number of methoxy groups -OCH3 is 1. The second-order valence-corrected chi connectivity index (χ2v) is 3.86. The summed E-state index contributed by atoms with van der Waals surface area (Å²) in [6, 6.07) is 6.11. The van der Waals surface area contributed by atoms with Crippen LogP contribution in [0.5, 0.6) is 0 Å². The van der Waals surface area contributed by atoms with Crippen LogP contribution in [0.2, 0.25) is 0 Å². The van der Waals surface area contributed by atoms with Crippen LogP contribution in [-0.2, 0) is 9.53 Å². The SMILES string of the molecule is CCC(=O)C(OC)c1cc(C)cc(C)c1. The van der Waals surface area contributed by atoms with Gasteiger partial charge in [-0.3, -0.25) is 4.79 Å². The molecule has 0 aromatic heterocycles. The van der Waals surface area contributed by atoms with E-state index < -0.39 is 6.10 Å². The van der Waals surface area contributed by atoms with Gasteiger partial charge in [0.2, 0.25) is 0 Å². The Bertz CT molecular complexity index is 335. The minimum atomic E-state index is -0.409. The molecular weight excluding hydrogens is 188 g/mol. The topological polar surface area (TPSA) is 26.3 Å². The standard InChI is InChI=1S/C13H18O2/c1-5-12(14)13(15-4)11-7-9(2)6-10(3)8-11/h6-8,13H,5H2,1-4H3. The Morgan fingerprint density at radius 1 is 1.27 bits per heavy atom. The molecule has 2 heteroatoms. The average Bonchev–Trinajstić information content (AvgIpc) is 2.17. The largest absolute Gasteiger partial charge is 0.369 e. The average molecular weight is 206 g/mol. The summed E-state index contributed by atoms with van der Waals surface area (Å²) in [6.07, 6.45) is 0.0967. The van der Waals surface area contributed by atoms with E-state index in [1.807, 2.05) is 32.9 Å². The molecule has 1 rings (SSSR count). The van der Waals surface area contributed by atoms with Crippen molar-refractivity contribution in [3.8, 4) is 0 Å². The van der Waals surface area contributed by atoms with Gasteiger partial charge in [-0.1, -0.05) is 36.2 Å². The van der Waals surface area contributed by atoms with Gasteiger partial charge in [0.05, 0.1) is 0 Å². The molecule has 0 heterocycles. The monoisotopic (exact) mass is 206 g/mol. The number of hydrogen-bond donors (Lipinski definition) is 0. The lowest BCUT2D eigenvalue weighted by atomic mass is 9.99. The predicted molar refractivity (Wildman–Crippen MR) is 61.0 cm³/mol. The Morgan fingerprint density at radius 2 is 1.80 bits per heavy atom. The van der Waals surface area contributed by atoms with Crippen LogP contribution >= 0.6 is 0 Å². The fourth-order valence-corrected chi connectivity index (χ4v) is 1.80. The summed E-state index contributed by atoms with van der Waals surface area (Å²) in [5.41, 5.74) is 3.29. The van der Waals surface area contributed by atoms with Crippen LogP contribution in [-0.4, -0.2) is 12.9 Å². The molecular formula is C13H18O2. The highest BCUT2D eigenvalue weighted by Crippen LogP contribution is 2.21. The van der Waals surface area contributed by atoms with Crippen molar-refractivity contribution in [2.45, 2.75) is 33.3 Å². The maximum absolute atomic E-state index is 11.6. The van der Waals surface area contributed by atoms with E-state index in [9.17, 15) is 4.79 Å². The number of hydrogen-bond acceptors (Lipinski definition) is 2. The van der Waals surface area contributed by atoms with Gasteiger partial charge in [-0.25, -0.2) is 0 Å². The molecule has 0 spiro atoms. The third-order valence-corrected chi connectivity index (χ3v) is 2.42. The zero-order chi connectivity index (χ0) is 11.4. The number of carbonyl (C=O) groups is 1. The van der Waals surface area contributed by atoms with Gasteiger partial charge in [0.15, 0.2) is 5.78 Å². The van der Waals surface area contributed by atoms with Crippen LogP contribution in [0, 0.1) is 13.8 Å². The molecule has 0 amide bonds. The van der Waals surface area contributed by atoms with Crippen LogP contribution in [0.1, 0.15) is 36.1 Å². The van der Waals surface area contributed by atoms with Crippen molar-refractivity contribution in [1.82, 2.24) is 0 Å². The highest BCUT2D eigenvalue weighted by molar-refractivity contribution is 5.84. The van der Waals surface area contributed by atoms with Crippen LogP contribution in [0.15, 0.2) is 18.2 Å². The maximum Gasteiger partial charge on any atom is 0.165 e. The lowest BCUT2D eigenvalue weighted by Crippen LogP contribution is -2.13. The van der Waals surface area contributed by atoms with Crippen LogP contribution in [0.25, 0.3) is 0 Å². The Hall–Kier alpha value is -1.15. The molecule has 82 valence electrons. The molecule has 0 bridgehead atoms. The van der Waals surface area contributed by atoms with Gasteiger partial charge in [0.25, 0.3) is 0 Å². The van der Waals surface area contributed by atoms with Gasteiger partial charge in [-0.15, -0.1) is 0 Å². The van der Waals surface area contributed by atoms with Crippen molar-refractivity contribution in [3.63, 3.8) is 0 Å². The van der Waals surface area contributed by atoms with Crippen molar-refractivity contribution in [2.24, 2.45) is 0 Å². The van der Waals surface area contributed by atoms with E-state index in [1.165, 1.54) is 0 Å². The van der Waals surface area contributed by atoms with Gasteiger partial charge in [-0.2, -0.15) is 0 Å². The molecule has 1 unspecified atom stereocenters. The number of carbonyl (C=O) groups excluding carboxylic acids is 1. The summed E-state index contributed by atoms with van der Waals surface area (Å²) in [4.78, 5) is 11.6. The van der Waals surface area contributed by atoms with Gasteiger partial charge < -0.3 is 4.74 Å². The number of Topliss-reactive ketones (excluding diaryl/α,β-unsaturated/α-hetero) is 1. The summed E-state index contributed by atoms with van der Waals surface area (Å²) in [7, 11) is 1.58. The molecule has 0 saturated heterocycles. The first-order valence-corrected chi connectivity index (χ1v) is 5.22. The molecule has 2 nitrogen and oxygen atoms in total. The quantitative estimate of drug-likeness (QED) is 0.757. The van der Waals surface area contributed by atoms with Gasteiger partial charge >= 0.3 is 0 Å². The fraction of sp³-hybridized carbons (Fsp3) is 0.462. The highest BCUT2D eigenvalue weighted by atomic mass is 16.5. The molecule has 1 atom stereocenters. The number of ketones is 1. The second-order valence-electron chi connectivity index (χ2n) is 3.86. The summed E-state index contributed by atoms with van der Waals surface area (Å²) in [5, 5.41) is 0. The van der Waals surface area contributed by atoms with Gasteiger partial charge in [-0.05, 0) is 19.4 Å². The van der Waals surface area contributed by atoms with E-state index in [4.69, 9.17) is 4.74 Å². The minimum Gasteiger partial charge on any atom is -0.369 e. The van der Waals surface area contributed by atoms with E-state index in [0.717, 1.165) is 16.7 Å². The summed E-state index contributed by atoms with van der Waals surface area (Å²) in [5.74, 6) is 0.127. The highest BCUT2D eigenvalue weighted by Gasteiger charge is 2.18. The zero-order valence-corrected chi connectivity index (χ0v) is 9.83. The molecule has 0 fully saturated rings. The molecule has 0 N–H and O–H groups in total. The molecule has 0 aliphatic rings. The predicted octanol–water partition coefficient (Wildman–Crippen LogP) is 2.97. The molecule has 0 saturated carbocycles. The number of benzene rings is 1. The molecule has 15 heavy (non-hydrogen) atoms. The third kappa shape index (κ3) is 2.90. The molecule has 1 aromatic rings. The Balaban J connectivity index is 3.06. The van der Waals surface area contributed by atoms with Crippen LogP contribution < -0.4 is 0 Å². The van der Waals surface area contributed by atoms with E-state index in [-0.39, 0.29) is 5.78 Å². The first kappa shape index (κ1) is 11.9. The molecule has 0 aliphatic carbocycles. The van der Waals surface area contributed by atoms with Crippen molar-refractivity contribution in [2.75, 3.05) is 7.11 Å². The normalized spacial score (nSPS) is 12.5. The van der Waals surface area contributed by atoms with Crippen molar-refractivity contribution < 1.29 is 9.53 Å². The Labute approximate surface area is 91.3 Å². The van der Waals surface area contributed by atoms with Gasteiger partial charge in [0, 0.05) is 13.5 Å². The zero-order valence-electron chi connectivity index (χ0n) is 9.83. The Kier molecular flexibility index (Phi) is 4.04. The molecule has 0 radical (unpaired) electrons. The summed E-state index contributed by atoms with van der Waals surface area (Å²) >= 11 is 0. The third-order valence-electron chi connectivity index (χ3n) is 2.42. The summed E-state index contributed by atoms with van der Waals surface area (Å²) < 4.78 is 5.25. The smallest absolute Gasteiger partial charge is 0.165 e. The van der Waals surface area contributed by atoms with Crippen molar-refractivity contribution in [1.29, 1.82) is 0 Å². The lowest BCUT2D eigenvalue weighted by Gasteiger charge is -2.15. The van der Waals surface area contributed by atoms with Crippen molar-refractivity contribution >= 4 is 5.78 Å². The van der Waals surface area contributed by atoms with E-state index >= 15 is 0 Å². The molecule has 1 aromatic carbocycles. The van der Waals surface area contributed by atoms with Crippen LogP contribution in [0.3, 0.4) is 0 Å². The fourth-order valence-electron chi connectivity index (χ4n) is 1.80. The lowest BCUT2D eigenvalue weighted by molar-refractivity contribution is -0.128. The van der Waals surface area contributed by atoms with Crippen LogP contribution in [0.4, 0.5) is 0 Å². The first-order chi connectivity index (χ1) is 7.08. The van der Waals surface area contributed by atoms with E-state index in [0.29, 0.717) is 6.42 Å². The number of ether oxygens (including phenoxy) is 1. The molecule has 0 aliphatic heterocycles. The Morgan fingerprint density at radius 3 is 2.20 bits per heavy atom. The van der Waals surface area contributed by atoms with Crippen molar-refractivity contribution in [3.05, 3.63) is 34.9 Å². The maximum atomic E-state index is 11.6. The number of rotatable bonds is 4. The minimum absolute atomic E-state index is 0.127. The summed E-state index contributed by atoms with van der Waals surface area (Å²) in [6.45, 7) is 5.91. The van der Waals surface area contributed by atoms with E-state index in [1.54, 1.807) is 7.11 Å². The van der Waals surface area contributed by atoms with E-state index in [2.05, 4.69) is 6.07 Å². The first-order valence-electron chi connectivity index (χ1n) is 5.22. The number of aryl methyl sites for hydroxylation is 2.